The van der Waals surface area contributed by atoms with Gasteiger partial charge < -0.3 is 0 Å². The Morgan fingerprint density at radius 1 is 0.421 bits per heavy atom. The number of rotatable bonds is 2. The lowest BCUT2D eigenvalue weighted by atomic mass is 10.4. The molecule has 0 spiro atoms. The summed E-state index contributed by atoms with van der Waals surface area (Å²) in [6.07, 6.45) is 0. The fourth-order valence-electron chi connectivity index (χ4n) is 1.11. The van der Waals surface area contributed by atoms with Crippen LogP contribution in [0, 0.1) is 0 Å². The van der Waals surface area contributed by atoms with E-state index in [-0.39, 0.29) is 28.2 Å². The van der Waals surface area contributed by atoms with Crippen molar-refractivity contribution in [3.8, 4) is 0 Å². The molecule has 0 saturated heterocycles. The highest BCUT2D eigenvalue weighted by molar-refractivity contribution is 7.99. The van der Waals surface area contributed by atoms with Crippen LogP contribution in [0.1, 0.15) is 0 Å². The lowest BCUT2D eigenvalue weighted by Crippen LogP contribution is -1.70. The van der Waals surface area contributed by atoms with E-state index in [1.54, 1.807) is 11.8 Å². The molecular weight excluding hydrogens is 290 g/mol. The Balaban J connectivity index is -0.000000109. The molecule has 0 aliphatic heterocycles. The third-order valence-electron chi connectivity index (χ3n) is 1.72. The standard InChI is InChI=1S/C12H10S.6FH/c1-3-7-11(8-4-1)13-12-9-5-2-6-10-12;;;;;;/h1-10H;6*1H. The monoisotopic (exact) mass is 306 g/mol. The Labute approximate surface area is 111 Å². The topological polar surface area (TPSA) is 0 Å². The molecule has 0 unspecified atom stereocenters. The molecule has 0 aromatic heterocycles. The Morgan fingerprint density at radius 3 is 0.947 bits per heavy atom. The molecule has 0 atom stereocenters. The van der Waals surface area contributed by atoms with Gasteiger partial charge in [0.05, 0.1) is 0 Å². The highest BCUT2D eigenvalue weighted by Gasteiger charge is 1.93. The van der Waals surface area contributed by atoms with Crippen molar-refractivity contribution in [1.29, 1.82) is 0 Å². The summed E-state index contributed by atoms with van der Waals surface area (Å²) < 4.78 is 0. The minimum absolute atomic E-state index is 0. The average Bonchev–Trinajstić information content (AvgIpc) is 2.21. The van der Waals surface area contributed by atoms with Gasteiger partial charge in [-0.05, 0) is 24.3 Å². The van der Waals surface area contributed by atoms with Gasteiger partial charge in [0.15, 0.2) is 0 Å². The number of benzene rings is 2. The molecule has 19 heavy (non-hydrogen) atoms. The highest BCUT2D eigenvalue weighted by Crippen LogP contribution is 2.26. The molecule has 0 aliphatic carbocycles. The van der Waals surface area contributed by atoms with Gasteiger partial charge in [0, 0.05) is 9.79 Å². The normalized spacial score (nSPS) is 6.74. The van der Waals surface area contributed by atoms with Crippen molar-refractivity contribution in [3.63, 3.8) is 0 Å². The highest BCUT2D eigenvalue weighted by atomic mass is 32.2. The Bertz CT molecular complexity index is 333. The van der Waals surface area contributed by atoms with E-state index in [9.17, 15) is 0 Å². The van der Waals surface area contributed by atoms with E-state index in [1.165, 1.54) is 9.79 Å². The molecule has 0 amide bonds. The molecule has 7 heteroatoms. The zero-order valence-corrected chi connectivity index (χ0v) is 10.4. The largest absolute Gasteiger partial charge is 0.269 e. The second kappa shape index (κ2) is 16.4. The summed E-state index contributed by atoms with van der Waals surface area (Å²) in [4.78, 5) is 2.57. The second-order valence-corrected chi connectivity index (χ2v) is 3.88. The number of hydrogen-bond acceptors (Lipinski definition) is 1. The van der Waals surface area contributed by atoms with Crippen molar-refractivity contribution < 1.29 is 28.2 Å². The van der Waals surface area contributed by atoms with Crippen LogP contribution in [-0.4, -0.2) is 0 Å². The van der Waals surface area contributed by atoms with Crippen molar-refractivity contribution in [2.24, 2.45) is 0 Å². The van der Waals surface area contributed by atoms with Gasteiger partial charge in [0.2, 0.25) is 0 Å². The fraction of sp³-hybridized carbons (Fsp3) is 0. The lowest BCUT2D eigenvalue weighted by molar-refractivity contribution is 1.11. The van der Waals surface area contributed by atoms with Crippen LogP contribution in [0.15, 0.2) is 70.5 Å². The van der Waals surface area contributed by atoms with Gasteiger partial charge in [-0.1, -0.05) is 48.2 Å². The van der Waals surface area contributed by atoms with E-state index in [0.29, 0.717) is 0 Å². The SMILES string of the molecule is F.F.F.F.F.F.c1ccc(Sc2ccccc2)cc1. The molecule has 0 heterocycles. The maximum Gasteiger partial charge on any atom is 0.0122 e. The second-order valence-electron chi connectivity index (χ2n) is 2.73. The van der Waals surface area contributed by atoms with Gasteiger partial charge in [-0.3, -0.25) is 28.2 Å². The summed E-state index contributed by atoms with van der Waals surface area (Å²) in [5.74, 6) is 0. The molecule has 0 aliphatic rings. The molecule has 0 bridgehead atoms. The third kappa shape index (κ3) is 10.0. The molecule has 0 N–H and O–H groups in total. The summed E-state index contributed by atoms with van der Waals surface area (Å²) in [5.41, 5.74) is 0. The molecule has 2 aromatic carbocycles. The van der Waals surface area contributed by atoms with Crippen molar-refractivity contribution in [1.82, 2.24) is 0 Å². The van der Waals surface area contributed by atoms with Gasteiger partial charge >= 0.3 is 0 Å². The molecule has 0 radical (unpaired) electrons. The van der Waals surface area contributed by atoms with Crippen LogP contribution < -0.4 is 0 Å². The van der Waals surface area contributed by atoms with E-state index in [1.807, 2.05) is 12.1 Å². The van der Waals surface area contributed by atoms with E-state index >= 15 is 0 Å². The third-order valence-corrected chi connectivity index (χ3v) is 2.74. The molecule has 0 fully saturated rings. The summed E-state index contributed by atoms with van der Waals surface area (Å²) in [7, 11) is 0. The molecule has 0 nitrogen and oxygen atoms in total. The summed E-state index contributed by atoms with van der Waals surface area (Å²) in [6.45, 7) is 0. The van der Waals surface area contributed by atoms with Crippen LogP contribution in [0.4, 0.5) is 28.2 Å². The minimum Gasteiger partial charge on any atom is -0.269 e. The van der Waals surface area contributed by atoms with Crippen molar-refractivity contribution in [3.05, 3.63) is 60.7 Å². The Morgan fingerprint density at radius 2 is 0.684 bits per heavy atom. The molecular formula is C12H16F6S. The predicted octanol–water partition coefficient (Wildman–Crippen LogP) is 4.75. The Hall–Kier alpha value is -1.63. The molecule has 2 aromatic rings. The van der Waals surface area contributed by atoms with E-state index in [4.69, 9.17) is 0 Å². The van der Waals surface area contributed by atoms with E-state index < -0.39 is 0 Å². The zero-order valence-electron chi connectivity index (χ0n) is 9.63. The first kappa shape index (κ1) is 30.4. The van der Waals surface area contributed by atoms with Crippen molar-refractivity contribution >= 4 is 11.8 Å². The van der Waals surface area contributed by atoms with Crippen molar-refractivity contribution in [2.45, 2.75) is 9.79 Å². The first-order valence-corrected chi connectivity index (χ1v) is 5.05. The maximum atomic E-state index is 2.12. The van der Waals surface area contributed by atoms with E-state index in [2.05, 4.69) is 48.5 Å². The van der Waals surface area contributed by atoms with Crippen LogP contribution in [-0.2, 0) is 0 Å². The number of hydrogen-bond donors (Lipinski definition) is 0. The van der Waals surface area contributed by atoms with Gasteiger partial charge in [-0.15, -0.1) is 0 Å². The number of halogens is 6. The molecule has 2 rings (SSSR count). The molecule has 0 saturated carbocycles. The summed E-state index contributed by atoms with van der Waals surface area (Å²) in [6, 6.07) is 20.8. The fourth-order valence-corrected chi connectivity index (χ4v) is 1.97. The average molecular weight is 306 g/mol. The van der Waals surface area contributed by atoms with Crippen LogP contribution >= 0.6 is 11.8 Å². The first-order valence-electron chi connectivity index (χ1n) is 4.23. The lowest BCUT2D eigenvalue weighted by Gasteiger charge is -1.99. The quantitative estimate of drug-likeness (QED) is 0.721. The van der Waals surface area contributed by atoms with Crippen LogP contribution in [0.5, 0.6) is 0 Å². The summed E-state index contributed by atoms with van der Waals surface area (Å²) in [5, 5.41) is 0. The molecule has 112 valence electrons. The van der Waals surface area contributed by atoms with Gasteiger partial charge in [-0.25, -0.2) is 0 Å². The van der Waals surface area contributed by atoms with Crippen LogP contribution in [0.25, 0.3) is 0 Å². The zero-order chi connectivity index (χ0) is 8.93. The van der Waals surface area contributed by atoms with E-state index in [0.717, 1.165) is 0 Å². The van der Waals surface area contributed by atoms with Crippen LogP contribution in [0.3, 0.4) is 0 Å². The summed E-state index contributed by atoms with van der Waals surface area (Å²) >= 11 is 1.79. The Kier molecular flexibility index (Phi) is 26.2. The smallest absolute Gasteiger partial charge is 0.0122 e. The predicted molar refractivity (Wildman–Crippen MR) is 72.0 cm³/mol. The van der Waals surface area contributed by atoms with Crippen LogP contribution in [0.2, 0.25) is 0 Å². The van der Waals surface area contributed by atoms with Crippen molar-refractivity contribution in [2.75, 3.05) is 0 Å². The minimum atomic E-state index is 0. The van der Waals surface area contributed by atoms with Gasteiger partial charge in [0.1, 0.15) is 0 Å². The maximum absolute atomic E-state index is 2.12. The van der Waals surface area contributed by atoms with Gasteiger partial charge in [0.25, 0.3) is 0 Å². The van der Waals surface area contributed by atoms with Gasteiger partial charge in [-0.2, -0.15) is 0 Å². The first-order chi connectivity index (χ1) is 6.45.